The lowest BCUT2D eigenvalue weighted by atomic mass is 9.94. The zero-order valence-corrected chi connectivity index (χ0v) is 13.0. The van der Waals surface area contributed by atoms with E-state index in [9.17, 15) is 17.6 Å². The molecule has 1 atom stereocenters. The first-order valence-electron chi connectivity index (χ1n) is 7.85. The lowest BCUT2D eigenvalue weighted by Gasteiger charge is -2.17. The van der Waals surface area contributed by atoms with Gasteiger partial charge in [0, 0.05) is 6.04 Å². The first-order chi connectivity index (χ1) is 10.2. The molecular formula is C17H23F4N. The van der Waals surface area contributed by atoms with Crippen LogP contribution in [0, 0.1) is 11.7 Å². The molecule has 1 aliphatic rings. The van der Waals surface area contributed by atoms with Gasteiger partial charge < -0.3 is 5.73 Å². The van der Waals surface area contributed by atoms with Gasteiger partial charge in [-0.2, -0.15) is 13.2 Å². The van der Waals surface area contributed by atoms with Crippen LogP contribution in [-0.2, 0) is 12.6 Å². The maximum absolute atomic E-state index is 14.0. The van der Waals surface area contributed by atoms with E-state index < -0.39 is 17.6 Å². The van der Waals surface area contributed by atoms with Crippen LogP contribution in [0.3, 0.4) is 0 Å². The molecule has 0 saturated heterocycles. The molecule has 124 valence electrons. The van der Waals surface area contributed by atoms with Crippen LogP contribution in [-0.4, -0.2) is 6.04 Å². The fourth-order valence-electron chi connectivity index (χ4n) is 2.78. The van der Waals surface area contributed by atoms with Gasteiger partial charge in [0.05, 0.1) is 5.56 Å². The fourth-order valence-corrected chi connectivity index (χ4v) is 2.78. The van der Waals surface area contributed by atoms with Gasteiger partial charge in [0.15, 0.2) is 0 Å². The SMILES string of the molecule is CC(C)c1cc(CCCC(N)C2CC2)cc(C(F)(F)F)c1F. The Morgan fingerprint density at radius 3 is 2.36 bits per heavy atom. The predicted molar refractivity (Wildman–Crippen MR) is 79.1 cm³/mol. The van der Waals surface area contributed by atoms with Gasteiger partial charge in [-0.3, -0.25) is 0 Å². The topological polar surface area (TPSA) is 26.0 Å². The summed E-state index contributed by atoms with van der Waals surface area (Å²) in [5.74, 6) is -0.833. The van der Waals surface area contributed by atoms with Crippen molar-refractivity contribution in [3.63, 3.8) is 0 Å². The standard InChI is InChI=1S/C17H23F4N/c1-10(2)13-8-11(4-3-5-15(22)12-6-7-12)9-14(16(13)18)17(19,20)21/h8-10,12,15H,3-7,22H2,1-2H3. The van der Waals surface area contributed by atoms with E-state index in [1.165, 1.54) is 0 Å². The zero-order chi connectivity index (χ0) is 16.5. The summed E-state index contributed by atoms with van der Waals surface area (Å²) in [7, 11) is 0. The minimum absolute atomic E-state index is 0.135. The Balaban J connectivity index is 2.14. The Kier molecular flexibility index (Phi) is 5.15. The van der Waals surface area contributed by atoms with Gasteiger partial charge in [0.25, 0.3) is 0 Å². The smallest absolute Gasteiger partial charge is 0.327 e. The first kappa shape index (κ1) is 17.3. The molecule has 1 saturated carbocycles. The van der Waals surface area contributed by atoms with Crippen LogP contribution < -0.4 is 5.73 Å². The van der Waals surface area contributed by atoms with Crippen LogP contribution in [0.1, 0.15) is 62.1 Å². The average Bonchev–Trinajstić information content (AvgIpc) is 3.22. The summed E-state index contributed by atoms with van der Waals surface area (Å²) in [6, 6.07) is 2.66. The lowest BCUT2D eigenvalue weighted by molar-refractivity contribution is -0.140. The normalized spacial score (nSPS) is 17.1. The third-order valence-corrected chi connectivity index (χ3v) is 4.32. The molecular weight excluding hydrogens is 294 g/mol. The molecule has 0 heterocycles. The quantitative estimate of drug-likeness (QED) is 0.732. The van der Waals surface area contributed by atoms with E-state index in [4.69, 9.17) is 5.73 Å². The Bertz CT molecular complexity index is 518. The third kappa shape index (κ3) is 4.22. The number of hydrogen-bond acceptors (Lipinski definition) is 1. The molecule has 0 bridgehead atoms. The molecule has 2 N–H and O–H groups in total. The van der Waals surface area contributed by atoms with Crippen LogP contribution in [0.25, 0.3) is 0 Å². The molecule has 1 unspecified atom stereocenters. The van der Waals surface area contributed by atoms with Crippen molar-refractivity contribution < 1.29 is 17.6 Å². The van der Waals surface area contributed by atoms with E-state index in [1.54, 1.807) is 19.9 Å². The van der Waals surface area contributed by atoms with E-state index in [0.29, 0.717) is 17.9 Å². The summed E-state index contributed by atoms with van der Waals surface area (Å²) in [6.07, 6.45) is -0.295. The summed E-state index contributed by atoms with van der Waals surface area (Å²) in [5.41, 5.74) is 5.53. The summed E-state index contributed by atoms with van der Waals surface area (Å²) < 4.78 is 53.0. The molecule has 1 aromatic carbocycles. The highest BCUT2D eigenvalue weighted by Crippen LogP contribution is 2.36. The maximum atomic E-state index is 14.0. The summed E-state index contributed by atoms with van der Waals surface area (Å²) in [6.45, 7) is 3.40. The van der Waals surface area contributed by atoms with E-state index in [2.05, 4.69) is 0 Å². The first-order valence-corrected chi connectivity index (χ1v) is 7.85. The number of rotatable bonds is 6. The second-order valence-electron chi connectivity index (χ2n) is 6.59. The highest BCUT2D eigenvalue weighted by Gasteiger charge is 2.36. The molecule has 1 fully saturated rings. The molecule has 2 rings (SSSR count). The molecule has 0 aromatic heterocycles. The van der Waals surface area contributed by atoms with E-state index >= 15 is 0 Å². The van der Waals surface area contributed by atoms with Crippen molar-refractivity contribution in [3.05, 3.63) is 34.6 Å². The summed E-state index contributed by atoms with van der Waals surface area (Å²) in [4.78, 5) is 0. The van der Waals surface area contributed by atoms with Crippen molar-refractivity contribution in [3.8, 4) is 0 Å². The molecule has 0 spiro atoms. The predicted octanol–water partition coefficient (Wildman–Crippen LogP) is 5.03. The third-order valence-electron chi connectivity index (χ3n) is 4.32. The molecule has 22 heavy (non-hydrogen) atoms. The second-order valence-corrected chi connectivity index (χ2v) is 6.59. The zero-order valence-electron chi connectivity index (χ0n) is 13.0. The Morgan fingerprint density at radius 1 is 1.23 bits per heavy atom. The Labute approximate surface area is 128 Å². The van der Waals surface area contributed by atoms with E-state index in [0.717, 1.165) is 31.7 Å². The highest BCUT2D eigenvalue weighted by molar-refractivity contribution is 5.35. The minimum atomic E-state index is -4.66. The minimum Gasteiger partial charge on any atom is -0.327 e. The van der Waals surface area contributed by atoms with Crippen molar-refractivity contribution in [1.29, 1.82) is 0 Å². The van der Waals surface area contributed by atoms with E-state index in [1.807, 2.05) is 0 Å². The van der Waals surface area contributed by atoms with Crippen LogP contribution in [0.2, 0.25) is 0 Å². The monoisotopic (exact) mass is 317 g/mol. The molecule has 1 aromatic rings. The summed E-state index contributed by atoms with van der Waals surface area (Å²) >= 11 is 0. The van der Waals surface area contributed by atoms with Crippen molar-refractivity contribution in [2.75, 3.05) is 0 Å². The van der Waals surface area contributed by atoms with Gasteiger partial charge in [-0.05, 0) is 61.1 Å². The van der Waals surface area contributed by atoms with Crippen molar-refractivity contribution in [2.24, 2.45) is 11.7 Å². The van der Waals surface area contributed by atoms with Crippen LogP contribution >= 0.6 is 0 Å². The number of hydrogen-bond donors (Lipinski definition) is 1. The molecule has 5 heteroatoms. The summed E-state index contributed by atoms with van der Waals surface area (Å²) in [5, 5.41) is 0. The largest absolute Gasteiger partial charge is 0.419 e. The van der Waals surface area contributed by atoms with Crippen molar-refractivity contribution >= 4 is 0 Å². The average molecular weight is 317 g/mol. The van der Waals surface area contributed by atoms with Gasteiger partial charge in [0.2, 0.25) is 0 Å². The lowest BCUT2D eigenvalue weighted by Crippen LogP contribution is -2.22. The van der Waals surface area contributed by atoms with Gasteiger partial charge in [-0.1, -0.05) is 19.9 Å². The Morgan fingerprint density at radius 2 is 1.86 bits per heavy atom. The number of nitrogens with two attached hydrogens (primary N) is 1. The number of alkyl halides is 3. The Hall–Kier alpha value is -1.10. The van der Waals surface area contributed by atoms with Gasteiger partial charge in [0.1, 0.15) is 5.82 Å². The van der Waals surface area contributed by atoms with Gasteiger partial charge in [-0.25, -0.2) is 4.39 Å². The van der Waals surface area contributed by atoms with Crippen molar-refractivity contribution in [2.45, 2.75) is 64.1 Å². The van der Waals surface area contributed by atoms with Crippen LogP contribution in [0.15, 0.2) is 12.1 Å². The molecule has 0 amide bonds. The molecule has 1 nitrogen and oxygen atoms in total. The van der Waals surface area contributed by atoms with Crippen molar-refractivity contribution in [1.82, 2.24) is 0 Å². The number of halogens is 4. The molecule has 0 radical (unpaired) electrons. The van der Waals surface area contributed by atoms with E-state index in [-0.39, 0.29) is 17.5 Å². The van der Waals surface area contributed by atoms with Gasteiger partial charge >= 0.3 is 6.18 Å². The second kappa shape index (κ2) is 6.57. The fraction of sp³-hybridized carbons (Fsp3) is 0.647. The molecule has 0 aliphatic heterocycles. The highest BCUT2D eigenvalue weighted by atomic mass is 19.4. The van der Waals surface area contributed by atoms with Crippen LogP contribution in [0.4, 0.5) is 17.6 Å². The van der Waals surface area contributed by atoms with Gasteiger partial charge in [-0.15, -0.1) is 0 Å². The number of aryl methyl sites for hydroxylation is 1. The maximum Gasteiger partial charge on any atom is 0.419 e. The van der Waals surface area contributed by atoms with Crippen LogP contribution in [0.5, 0.6) is 0 Å². The number of benzene rings is 1. The molecule has 1 aliphatic carbocycles.